The Kier molecular flexibility index (Phi) is 4.58. The smallest absolute Gasteiger partial charge is 0.161 e. The first-order valence-corrected chi connectivity index (χ1v) is 6.51. The Balaban J connectivity index is 2.12. The van der Waals surface area contributed by atoms with Crippen LogP contribution in [0.5, 0.6) is 11.5 Å². The second kappa shape index (κ2) is 6.39. The lowest BCUT2D eigenvalue weighted by molar-refractivity contribution is 0.354. The van der Waals surface area contributed by atoms with Gasteiger partial charge in [0, 0.05) is 11.6 Å². The number of hydrogen-bond donors (Lipinski definition) is 2. The Morgan fingerprint density at radius 2 is 1.80 bits per heavy atom. The second-order valence-electron chi connectivity index (χ2n) is 4.27. The van der Waals surface area contributed by atoms with E-state index >= 15 is 0 Å². The summed E-state index contributed by atoms with van der Waals surface area (Å²) >= 11 is 5.95. The maximum Gasteiger partial charge on any atom is 0.161 e. The van der Waals surface area contributed by atoms with E-state index in [0.29, 0.717) is 28.8 Å². The van der Waals surface area contributed by atoms with Gasteiger partial charge < -0.3 is 20.5 Å². The van der Waals surface area contributed by atoms with Crippen LogP contribution in [-0.2, 0) is 6.54 Å². The molecule has 0 aliphatic heterocycles. The standard InChI is InChI=1S/C15H17ClN2O2/c1-19-14-6-3-10(7-15(14)20-2)9-18-13-8-11(16)4-5-12(13)17/h3-8,18H,9,17H2,1-2H3. The molecule has 2 aromatic carbocycles. The van der Waals surface area contributed by atoms with E-state index in [4.69, 9.17) is 26.8 Å². The van der Waals surface area contributed by atoms with Crippen LogP contribution < -0.4 is 20.5 Å². The minimum atomic E-state index is 0.616. The number of nitrogens with two attached hydrogens (primary N) is 1. The quantitative estimate of drug-likeness (QED) is 0.828. The molecule has 2 rings (SSSR count). The van der Waals surface area contributed by atoms with E-state index in [0.717, 1.165) is 11.3 Å². The summed E-state index contributed by atoms with van der Waals surface area (Å²) in [6.45, 7) is 0.616. The molecule has 0 bridgehead atoms. The molecule has 0 aliphatic rings. The van der Waals surface area contributed by atoms with Crippen LogP contribution in [0.15, 0.2) is 36.4 Å². The number of rotatable bonds is 5. The summed E-state index contributed by atoms with van der Waals surface area (Å²) in [6.07, 6.45) is 0. The van der Waals surface area contributed by atoms with Crippen molar-refractivity contribution < 1.29 is 9.47 Å². The lowest BCUT2D eigenvalue weighted by Gasteiger charge is -2.12. The third-order valence-corrected chi connectivity index (χ3v) is 3.18. The Morgan fingerprint density at radius 1 is 1.05 bits per heavy atom. The number of hydrogen-bond acceptors (Lipinski definition) is 4. The lowest BCUT2D eigenvalue weighted by atomic mass is 10.2. The number of ether oxygens (including phenoxy) is 2. The molecule has 0 saturated carbocycles. The molecule has 0 saturated heterocycles. The number of nitrogen functional groups attached to an aromatic ring is 1. The number of benzene rings is 2. The van der Waals surface area contributed by atoms with Crippen LogP contribution in [0.4, 0.5) is 11.4 Å². The van der Waals surface area contributed by atoms with Gasteiger partial charge in [0.1, 0.15) is 0 Å². The highest BCUT2D eigenvalue weighted by Crippen LogP contribution is 2.28. The molecular weight excluding hydrogens is 276 g/mol. The molecule has 0 fully saturated rings. The van der Waals surface area contributed by atoms with Crippen molar-refractivity contribution in [1.82, 2.24) is 0 Å². The third kappa shape index (κ3) is 3.27. The third-order valence-electron chi connectivity index (χ3n) is 2.95. The van der Waals surface area contributed by atoms with Crippen molar-refractivity contribution in [2.45, 2.75) is 6.54 Å². The number of anilines is 2. The van der Waals surface area contributed by atoms with Gasteiger partial charge in [-0.3, -0.25) is 0 Å². The predicted octanol–water partition coefficient (Wildman–Crippen LogP) is 3.55. The topological polar surface area (TPSA) is 56.5 Å². The summed E-state index contributed by atoms with van der Waals surface area (Å²) in [5, 5.41) is 3.90. The van der Waals surface area contributed by atoms with Crippen molar-refractivity contribution in [3.05, 3.63) is 47.0 Å². The molecule has 0 heterocycles. The maximum absolute atomic E-state index is 5.95. The van der Waals surface area contributed by atoms with Crippen molar-refractivity contribution in [1.29, 1.82) is 0 Å². The minimum absolute atomic E-state index is 0.616. The number of methoxy groups -OCH3 is 2. The molecule has 0 spiro atoms. The van der Waals surface area contributed by atoms with Gasteiger partial charge in [0.15, 0.2) is 11.5 Å². The number of nitrogens with one attached hydrogen (secondary N) is 1. The fourth-order valence-electron chi connectivity index (χ4n) is 1.87. The zero-order valence-electron chi connectivity index (χ0n) is 11.4. The van der Waals surface area contributed by atoms with Gasteiger partial charge in [0.25, 0.3) is 0 Å². The van der Waals surface area contributed by atoms with Gasteiger partial charge in [0.05, 0.1) is 25.6 Å². The summed E-state index contributed by atoms with van der Waals surface area (Å²) < 4.78 is 10.5. The largest absolute Gasteiger partial charge is 0.493 e. The molecule has 5 heteroatoms. The van der Waals surface area contributed by atoms with Gasteiger partial charge in [-0.2, -0.15) is 0 Å². The molecule has 2 aromatic rings. The van der Waals surface area contributed by atoms with E-state index in [1.165, 1.54) is 0 Å². The molecule has 106 valence electrons. The average Bonchev–Trinajstić information content (AvgIpc) is 2.47. The van der Waals surface area contributed by atoms with Crippen LogP contribution in [-0.4, -0.2) is 14.2 Å². The van der Waals surface area contributed by atoms with Crippen LogP contribution in [0.1, 0.15) is 5.56 Å². The summed E-state index contributed by atoms with van der Waals surface area (Å²) in [4.78, 5) is 0. The van der Waals surface area contributed by atoms with E-state index in [9.17, 15) is 0 Å². The molecule has 0 atom stereocenters. The van der Waals surface area contributed by atoms with E-state index < -0.39 is 0 Å². The highest BCUT2D eigenvalue weighted by Gasteiger charge is 2.05. The zero-order valence-corrected chi connectivity index (χ0v) is 12.2. The summed E-state index contributed by atoms with van der Waals surface area (Å²) in [5.41, 5.74) is 8.42. The van der Waals surface area contributed by atoms with Gasteiger partial charge in [-0.1, -0.05) is 17.7 Å². The molecule has 4 nitrogen and oxygen atoms in total. The molecule has 0 radical (unpaired) electrons. The van der Waals surface area contributed by atoms with Gasteiger partial charge >= 0.3 is 0 Å². The van der Waals surface area contributed by atoms with Crippen molar-refractivity contribution in [2.75, 3.05) is 25.3 Å². The van der Waals surface area contributed by atoms with Crippen LogP contribution >= 0.6 is 11.6 Å². The minimum Gasteiger partial charge on any atom is -0.493 e. The molecule has 20 heavy (non-hydrogen) atoms. The van der Waals surface area contributed by atoms with E-state index in [-0.39, 0.29) is 0 Å². The predicted molar refractivity (Wildman–Crippen MR) is 82.7 cm³/mol. The van der Waals surface area contributed by atoms with Crippen molar-refractivity contribution >= 4 is 23.0 Å². The fourth-order valence-corrected chi connectivity index (χ4v) is 2.04. The molecule has 0 aliphatic carbocycles. The highest BCUT2D eigenvalue weighted by atomic mass is 35.5. The van der Waals surface area contributed by atoms with Gasteiger partial charge in [-0.15, -0.1) is 0 Å². The van der Waals surface area contributed by atoms with E-state index in [1.54, 1.807) is 32.4 Å². The Morgan fingerprint density at radius 3 is 2.50 bits per heavy atom. The molecular formula is C15H17ClN2O2. The van der Waals surface area contributed by atoms with Crippen molar-refractivity contribution in [3.63, 3.8) is 0 Å². The van der Waals surface area contributed by atoms with Gasteiger partial charge in [-0.05, 0) is 35.9 Å². The summed E-state index contributed by atoms with van der Waals surface area (Å²) in [7, 11) is 3.23. The average molecular weight is 293 g/mol. The molecule has 0 amide bonds. The maximum atomic E-state index is 5.95. The van der Waals surface area contributed by atoms with Crippen LogP contribution in [0, 0.1) is 0 Å². The zero-order chi connectivity index (χ0) is 14.5. The van der Waals surface area contributed by atoms with Crippen LogP contribution in [0.2, 0.25) is 5.02 Å². The highest BCUT2D eigenvalue weighted by molar-refractivity contribution is 6.31. The lowest BCUT2D eigenvalue weighted by Crippen LogP contribution is -2.03. The van der Waals surface area contributed by atoms with Crippen LogP contribution in [0.3, 0.4) is 0 Å². The van der Waals surface area contributed by atoms with Crippen molar-refractivity contribution in [2.24, 2.45) is 0 Å². The molecule has 3 N–H and O–H groups in total. The monoisotopic (exact) mass is 292 g/mol. The summed E-state index contributed by atoms with van der Waals surface area (Å²) in [5.74, 6) is 1.41. The van der Waals surface area contributed by atoms with E-state index in [1.807, 2.05) is 18.2 Å². The number of halogens is 1. The van der Waals surface area contributed by atoms with Gasteiger partial charge in [-0.25, -0.2) is 0 Å². The first kappa shape index (κ1) is 14.3. The van der Waals surface area contributed by atoms with Crippen molar-refractivity contribution in [3.8, 4) is 11.5 Å². The Hall–Kier alpha value is -2.07. The Labute approximate surface area is 123 Å². The van der Waals surface area contributed by atoms with Crippen LogP contribution in [0.25, 0.3) is 0 Å². The SMILES string of the molecule is COc1ccc(CNc2cc(Cl)ccc2N)cc1OC. The molecule has 0 aromatic heterocycles. The second-order valence-corrected chi connectivity index (χ2v) is 4.71. The first-order valence-electron chi connectivity index (χ1n) is 6.14. The van der Waals surface area contributed by atoms with E-state index in [2.05, 4.69) is 5.32 Å². The summed E-state index contributed by atoms with van der Waals surface area (Å²) in [6, 6.07) is 11.1. The fraction of sp³-hybridized carbons (Fsp3) is 0.200. The normalized spacial score (nSPS) is 10.2. The Bertz CT molecular complexity index is 602. The first-order chi connectivity index (χ1) is 9.63. The van der Waals surface area contributed by atoms with Gasteiger partial charge in [0.2, 0.25) is 0 Å². The molecule has 0 unspecified atom stereocenters.